The quantitative estimate of drug-likeness (QED) is 0.716. The lowest BCUT2D eigenvalue weighted by atomic mass is 10.2. The summed E-state index contributed by atoms with van der Waals surface area (Å²) >= 11 is 0. The van der Waals surface area contributed by atoms with Gasteiger partial charge >= 0.3 is 5.97 Å². The third kappa shape index (κ3) is 3.77. The molecule has 8 heteroatoms. The van der Waals surface area contributed by atoms with Gasteiger partial charge in [0.05, 0.1) is 19.1 Å². The molecular weight excluding hydrogens is 264 g/mol. The molecule has 2 heterocycles. The molecule has 110 valence electrons. The monoisotopic (exact) mass is 282 g/mol. The normalized spacial score (nSPS) is 17.9. The Bertz CT molecular complexity index is 468. The maximum absolute atomic E-state index is 11.7. The number of nitrogens with one attached hydrogen (secondary N) is 2. The fourth-order valence-corrected chi connectivity index (χ4v) is 1.95. The highest BCUT2D eigenvalue weighted by molar-refractivity contribution is 5.90. The van der Waals surface area contributed by atoms with E-state index in [4.69, 9.17) is 9.26 Å². The van der Waals surface area contributed by atoms with Crippen LogP contribution in [0.4, 0.5) is 0 Å². The second-order valence-corrected chi connectivity index (χ2v) is 4.42. The van der Waals surface area contributed by atoms with Crippen molar-refractivity contribution in [3.63, 3.8) is 0 Å². The molecule has 8 nitrogen and oxygen atoms in total. The Morgan fingerprint density at radius 3 is 3.10 bits per heavy atom. The Morgan fingerprint density at radius 1 is 1.55 bits per heavy atom. The molecular formula is C12H18N4O4. The number of nitrogens with zero attached hydrogens (tertiary/aromatic N) is 2. The lowest BCUT2D eigenvalue weighted by Crippen LogP contribution is -2.27. The third-order valence-electron chi connectivity index (χ3n) is 2.92. The fourth-order valence-electron chi connectivity index (χ4n) is 1.95. The van der Waals surface area contributed by atoms with Crippen LogP contribution in [0.5, 0.6) is 0 Å². The first-order valence-electron chi connectivity index (χ1n) is 6.71. The third-order valence-corrected chi connectivity index (χ3v) is 2.92. The Morgan fingerprint density at radius 2 is 2.40 bits per heavy atom. The van der Waals surface area contributed by atoms with E-state index in [-0.39, 0.29) is 30.8 Å². The average molecular weight is 282 g/mol. The molecule has 1 aromatic heterocycles. The molecule has 1 atom stereocenters. The average Bonchev–Trinajstić information content (AvgIpc) is 3.10. The standard InChI is InChI=1S/C12H18N4O4/c1-2-19-9(17)5-7-14-11(18)10-15-12(20-16-10)8-4-3-6-13-8/h8,13H,2-7H2,1H3,(H,14,18). The van der Waals surface area contributed by atoms with E-state index < -0.39 is 5.91 Å². The van der Waals surface area contributed by atoms with E-state index in [2.05, 4.69) is 20.8 Å². The van der Waals surface area contributed by atoms with E-state index in [1.165, 1.54) is 0 Å². The van der Waals surface area contributed by atoms with Crippen LogP contribution < -0.4 is 10.6 Å². The molecule has 0 saturated carbocycles. The van der Waals surface area contributed by atoms with Crippen LogP contribution in [0.25, 0.3) is 0 Å². The summed E-state index contributed by atoms with van der Waals surface area (Å²) < 4.78 is 9.81. The van der Waals surface area contributed by atoms with E-state index in [1.54, 1.807) is 6.92 Å². The number of aromatic nitrogens is 2. The minimum Gasteiger partial charge on any atom is -0.466 e. The van der Waals surface area contributed by atoms with E-state index in [1.807, 2.05) is 0 Å². The van der Waals surface area contributed by atoms with Gasteiger partial charge in [0.2, 0.25) is 5.89 Å². The lowest BCUT2D eigenvalue weighted by molar-refractivity contribution is -0.142. The summed E-state index contributed by atoms with van der Waals surface area (Å²) in [4.78, 5) is 26.9. The number of esters is 1. The molecule has 0 spiro atoms. The highest BCUT2D eigenvalue weighted by Gasteiger charge is 2.24. The lowest BCUT2D eigenvalue weighted by Gasteiger charge is -2.02. The van der Waals surface area contributed by atoms with Gasteiger partial charge in [0.15, 0.2) is 0 Å². The zero-order valence-corrected chi connectivity index (χ0v) is 11.3. The van der Waals surface area contributed by atoms with Crippen molar-refractivity contribution in [2.75, 3.05) is 19.7 Å². The topological polar surface area (TPSA) is 106 Å². The van der Waals surface area contributed by atoms with Gasteiger partial charge < -0.3 is 19.9 Å². The molecule has 2 N–H and O–H groups in total. The molecule has 0 radical (unpaired) electrons. The van der Waals surface area contributed by atoms with Gasteiger partial charge in [0.25, 0.3) is 11.7 Å². The minimum atomic E-state index is -0.456. The molecule has 2 rings (SSSR count). The first-order valence-corrected chi connectivity index (χ1v) is 6.71. The molecule has 0 aliphatic carbocycles. The van der Waals surface area contributed by atoms with Gasteiger partial charge in [-0.05, 0) is 26.3 Å². The van der Waals surface area contributed by atoms with Crippen LogP contribution in [0.15, 0.2) is 4.52 Å². The summed E-state index contributed by atoms with van der Waals surface area (Å²) in [5.41, 5.74) is 0. The SMILES string of the molecule is CCOC(=O)CCNC(=O)c1noc(C2CCCN2)n1. The molecule has 1 unspecified atom stereocenters. The second-order valence-electron chi connectivity index (χ2n) is 4.42. The summed E-state index contributed by atoms with van der Waals surface area (Å²) in [5, 5.41) is 9.40. The van der Waals surface area contributed by atoms with Gasteiger partial charge in [0, 0.05) is 6.54 Å². The summed E-state index contributed by atoms with van der Waals surface area (Å²) in [6.45, 7) is 3.15. The minimum absolute atomic E-state index is 0.0161. The van der Waals surface area contributed by atoms with Gasteiger partial charge in [-0.2, -0.15) is 4.98 Å². The first kappa shape index (κ1) is 14.4. The smallest absolute Gasteiger partial charge is 0.307 e. The molecule has 1 saturated heterocycles. The fraction of sp³-hybridized carbons (Fsp3) is 0.667. The Labute approximate surface area is 116 Å². The van der Waals surface area contributed by atoms with E-state index in [9.17, 15) is 9.59 Å². The van der Waals surface area contributed by atoms with E-state index in [0.717, 1.165) is 19.4 Å². The van der Waals surface area contributed by atoms with Crippen molar-refractivity contribution in [1.29, 1.82) is 0 Å². The molecule has 1 fully saturated rings. The number of amides is 1. The summed E-state index contributed by atoms with van der Waals surface area (Å²) in [7, 11) is 0. The summed E-state index contributed by atoms with van der Waals surface area (Å²) in [5.74, 6) is -0.394. The van der Waals surface area contributed by atoms with Gasteiger partial charge in [-0.1, -0.05) is 5.16 Å². The molecule has 1 aliphatic rings. The predicted molar refractivity (Wildman–Crippen MR) is 67.9 cm³/mol. The number of rotatable bonds is 6. The number of ether oxygens (including phenoxy) is 1. The maximum Gasteiger partial charge on any atom is 0.307 e. The molecule has 1 aromatic rings. The van der Waals surface area contributed by atoms with Gasteiger partial charge in [0.1, 0.15) is 0 Å². The van der Waals surface area contributed by atoms with Crippen LogP contribution in [0.1, 0.15) is 48.7 Å². The van der Waals surface area contributed by atoms with Crippen molar-refractivity contribution >= 4 is 11.9 Å². The van der Waals surface area contributed by atoms with Crippen molar-refractivity contribution < 1.29 is 18.8 Å². The van der Waals surface area contributed by atoms with Crippen LogP contribution in [-0.4, -0.2) is 41.7 Å². The predicted octanol–water partition coefficient (Wildman–Crippen LogP) is 0.177. The van der Waals surface area contributed by atoms with Gasteiger partial charge in [-0.3, -0.25) is 9.59 Å². The molecule has 1 aliphatic heterocycles. The van der Waals surface area contributed by atoms with Crippen LogP contribution in [0, 0.1) is 0 Å². The number of hydrogen-bond donors (Lipinski definition) is 2. The summed E-state index contributed by atoms with van der Waals surface area (Å²) in [6.07, 6.45) is 2.09. The van der Waals surface area contributed by atoms with E-state index >= 15 is 0 Å². The highest BCUT2D eigenvalue weighted by Crippen LogP contribution is 2.20. The Balaban J connectivity index is 1.79. The number of carbonyl (C=O) groups is 2. The Hall–Kier alpha value is -1.96. The largest absolute Gasteiger partial charge is 0.466 e. The van der Waals surface area contributed by atoms with E-state index in [0.29, 0.717) is 12.5 Å². The van der Waals surface area contributed by atoms with Crippen LogP contribution in [-0.2, 0) is 9.53 Å². The van der Waals surface area contributed by atoms with Crippen molar-refractivity contribution in [3.05, 3.63) is 11.7 Å². The van der Waals surface area contributed by atoms with Crippen LogP contribution in [0.2, 0.25) is 0 Å². The highest BCUT2D eigenvalue weighted by atomic mass is 16.5. The van der Waals surface area contributed by atoms with Crippen molar-refractivity contribution in [1.82, 2.24) is 20.8 Å². The Kier molecular flexibility index (Phi) is 5.05. The number of carbonyl (C=O) groups excluding carboxylic acids is 2. The van der Waals surface area contributed by atoms with Crippen molar-refractivity contribution in [2.24, 2.45) is 0 Å². The van der Waals surface area contributed by atoms with Gasteiger partial charge in [-0.15, -0.1) is 0 Å². The molecule has 20 heavy (non-hydrogen) atoms. The molecule has 0 aromatic carbocycles. The molecule has 1 amide bonds. The van der Waals surface area contributed by atoms with Crippen molar-refractivity contribution in [3.8, 4) is 0 Å². The second kappa shape index (κ2) is 6.99. The van der Waals surface area contributed by atoms with Gasteiger partial charge in [-0.25, -0.2) is 0 Å². The zero-order valence-electron chi connectivity index (χ0n) is 11.3. The van der Waals surface area contributed by atoms with Crippen molar-refractivity contribution in [2.45, 2.75) is 32.2 Å². The summed E-state index contributed by atoms with van der Waals surface area (Å²) in [6, 6.07) is 0.0311. The maximum atomic E-state index is 11.7. The zero-order chi connectivity index (χ0) is 14.4. The van der Waals surface area contributed by atoms with Crippen LogP contribution >= 0.6 is 0 Å². The first-order chi connectivity index (χ1) is 9.70. The number of hydrogen-bond acceptors (Lipinski definition) is 7. The molecule has 0 bridgehead atoms. The van der Waals surface area contributed by atoms with Crippen LogP contribution in [0.3, 0.4) is 0 Å².